The largest absolute Gasteiger partial charge is 1.00 e. The molecule has 0 spiro atoms. The average Bonchev–Trinajstić information content (AvgIpc) is 3.64. The van der Waals surface area contributed by atoms with Crippen LogP contribution in [0.3, 0.4) is 0 Å². The number of nitriles is 1. The summed E-state index contributed by atoms with van der Waals surface area (Å²) in [5, 5.41) is 27.9. The number of carbonyl (C=O) groups excluding carboxylic acids is 2. The highest BCUT2D eigenvalue weighted by atomic mass is 127. The molecule has 0 bridgehead atoms. The first-order chi connectivity index (χ1) is 19.5. The number of aliphatic imine (C=N–C) groups is 1. The van der Waals surface area contributed by atoms with Gasteiger partial charge in [0.2, 0.25) is 12.2 Å². The van der Waals surface area contributed by atoms with E-state index in [0.29, 0.717) is 16.3 Å². The van der Waals surface area contributed by atoms with Crippen molar-refractivity contribution in [1.29, 1.82) is 5.26 Å². The SMILES string of the molecule is CC(=O)N(C)C(=O)OCC[N+]1(C[C@](O)(c2cc(F)ccc2F)[C@@H](C)c2nc(-c3ccc(C#N)cc3)cs2)C=NC=N1.[I-]. The van der Waals surface area contributed by atoms with Crippen LogP contribution in [0.15, 0.2) is 57.9 Å². The standard InChI is InChI=1S/C28H27F2N6O4S.HI/c1-18(26-34-25(14-41-26)21-6-4-20(13-31)5-7-21)28(39,23-12-22(29)8-9-24(23)30)15-36(17-32-16-33-36)10-11-40-27(38)35(3)19(2)37;/h4-9,12,14,16-18,39H,10-11,15H2,1-3H3;1H/q+1;/p-1/t18-,28+,36?;/m0./s1. The maximum absolute atomic E-state index is 15.2. The highest BCUT2D eigenvalue weighted by Gasteiger charge is 2.49. The number of aromatic nitrogens is 1. The van der Waals surface area contributed by atoms with Crippen LogP contribution in [-0.4, -0.2) is 71.0 Å². The van der Waals surface area contributed by atoms with E-state index in [1.807, 2.05) is 0 Å². The lowest BCUT2D eigenvalue weighted by Crippen LogP contribution is -3.00. The summed E-state index contributed by atoms with van der Waals surface area (Å²) in [7, 11) is 1.28. The second-order valence-corrected chi connectivity index (χ2v) is 10.5. The number of imide groups is 1. The Bertz CT molecular complexity index is 1550. The van der Waals surface area contributed by atoms with E-state index in [1.165, 1.54) is 38.0 Å². The van der Waals surface area contributed by atoms with Crippen molar-refractivity contribution in [2.75, 3.05) is 26.7 Å². The molecule has 2 amide bonds. The van der Waals surface area contributed by atoms with E-state index >= 15 is 4.39 Å². The zero-order chi connectivity index (χ0) is 29.8. The van der Waals surface area contributed by atoms with Crippen LogP contribution in [0.5, 0.6) is 0 Å². The van der Waals surface area contributed by atoms with Gasteiger partial charge in [-0.2, -0.15) is 10.3 Å². The van der Waals surface area contributed by atoms with Crippen LogP contribution >= 0.6 is 11.3 Å². The zero-order valence-corrected chi connectivity index (χ0v) is 25.8. The fourth-order valence-corrected chi connectivity index (χ4v) is 5.32. The lowest BCUT2D eigenvalue weighted by atomic mass is 9.81. The van der Waals surface area contributed by atoms with Gasteiger partial charge in [0.1, 0.15) is 31.3 Å². The van der Waals surface area contributed by atoms with E-state index in [0.717, 1.165) is 28.7 Å². The molecule has 2 heterocycles. The van der Waals surface area contributed by atoms with Gasteiger partial charge < -0.3 is 33.8 Å². The number of thiazole rings is 1. The summed E-state index contributed by atoms with van der Waals surface area (Å²) in [4.78, 5) is 33.1. The number of nitrogens with zero attached hydrogens (tertiary/aromatic N) is 6. The van der Waals surface area contributed by atoms with Crippen LogP contribution in [0, 0.1) is 23.0 Å². The molecule has 1 aliphatic heterocycles. The lowest BCUT2D eigenvalue weighted by molar-refractivity contribution is -0.848. The van der Waals surface area contributed by atoms with Crippen molar-refractivity contribution in [2.45, 2.75) is 25.4 Å². The second kappa shape index (κ2) is 13.6. The number of quaternary nitrogens is 1. The highest BCUT2D eigenvalue weighted by Crippen LogP contribution is 2.42. The number of amides is 2. The molecule has 220 valence electrons. The molecule has 3 atom stereocenters. The Labute approximate surface area is 262 Å². The molecule has 2 aromatic carbocycles. The molecule has 1 aliphatic rings. The topological polar surface area (TPSA) is 128 Å². The first kappa shape index (κ1) is 32.9. The van der Waals surface area contributed by atoms with Gasteiger partial charge in [-0.25, -0.2) is 18.6 Å². The van der Waals surface area contributed by atoms with E-state index in [2.05, 4.69) is 21.1 Å². The summed E-state index contributed by atoms with van der Waals surface area (Å²) < 4.78 is 34.5. The summed E-state index contributed by atoms with van der Waals surface area (Å²) in [6.07, 6.45) is 1.79. The fraction of sp³-hybridized carbons (Fsp3) is 0.286. The molecular weight excluding hydrogens is 681 g/mol. The molecule has 1 aromatic heterocycles. The molecule has 0 fully saturated rings. The summed E-state index contributed by atoms with van der Waals surface area (Å²) in [5.74, 6) is -2.93. The van der Waals surface area contributed by atoms with E-state index < -0.39 is 39.7 Å². The summed E-state index contributed by atoms with van der Waals surface area (Å²) in [6.45, 7) is 2.34. The van der Waals surface area contributed by atoms with E-state index in [-0.39, 0.29) is 49.2 Å². The number of benzene rings is 2. The van der Waals surface area contributed by atoms with Gasteiger partial charge in [-0.05, 0) is 30.3 Å². The van der Waals surface area contributed by atoms with Crippen molar-refractivity contribution >= 4 is 36.0 Å². The van der Waals surface area contributed by atoms with Gasteiger partial charge in [0.25, 0.3) is 0 Å². The van der Waals surface area contributed by atoms with Crippen molar-refractivity contribution in [3.63, 3.8) is 0 Å². The summed E-state index contributed by atoms with van der Waals surface area (Å²) >= 11 is 1.24. The zero-order valence-electron chi connectivity index (χ0n) is 22.9. The molecule has 14 heteroatoms. The second-order valence-electron chi connectivity index (χ2n) is 9.59. The van der Waals surface area contributed by atoms with Gasteiger partial charge in [0, 0.05) is 36.4 Å². The van der Waals surface area contributed by atoms with Crippen molar-refractivity contribution in [1.82, 2.24) is 9.88 Å². The molecule has 1 N–H and O–H groups in total. The van der Waals surface area contributed by atoms with Crippen LogP contribution in [-0.2, 0) is 15.1 Å². The van der Waals surface area contributed by atoms with Gasteiger partial charge >= 0.3 is 6.09 Å². The van der Waals surface area contributed by atoms with E-state index in [9.17, 15) is 19.1 Å². The lowest BCUT2D eigenvalue weighted by Gasteiger charge is -2.38. The fourth-order valence-electron chi connectivity index (χ4n) is 4.35. The molecular formula is C28H27F2IN6O4S. The van der Waals surface area contributed by atoms with Crippen LogP contribution < -0.4 is 24.0 Å². The number of ether oxygens (including phenoxy) is 1. The minimum atomic E-state index is -2.06. The smallest absolute Gasteiger partial charge is 0.416 e. The van der Waals surface area contributed by atoms with Gasteiger partial charge in [-0.3, -0.25) is 9.69 Å². The van der Waals surface area contributed by atoms with Gasteiger partial charge in [0.05, 0.1) is 22.3 Å². The first-order valence-electron chi connectivity index (χ1n) is 12.5. The van der Waals surface area contributed by atoms with Gasteiger partial charge in [-0.15, -0.1) is 15.9 Å². The van der Waals surface area contributed by atoms with Crippen molar-refractivity contribution in [3.05, 3.63) is 75.6 Å². The Balaban J connectivity index is 0.00000484. The maximum Gasteiger partial charge on any atom is 0.416 e. The maximum atomic E-state index is 15.2. The third kappa shape index (κ3) is 7.04. The Kier molecular flexibility index (Phi) is 10.6. The summed E-state index contributed by atoms with van der Waals surface area (Å²) in [5.41, 5.74) is -0.513. The highest BCUT2D eigenvalue weighted by molar-refractivity contribution is 7.10. The molecule has 0 radical (unpaired) electrons. The molecule has 0 saturated carbocycles. The third-order valence-electron chi connectivity index (χ3n) is 6.91. The van der Waals surface area contributed by atoms with Gasteiger partial charge in [-0.1, -0.05) is 24.2 Å². The molecule has 4 rings (SSSR count). The number of rotatable bonds is 9. The molecule has 42 heavy (non-hydrogen) atoms. The Morgan fingerprint density at radius 1 is 1.24 bits per heavy atom. The molecule has 10 nitrogen and oxygen atoms in total. The Morgan fingerprint density at radius 2 is 1.95 bits per heavy atom. The number of carbonyl (C=O) groups is 2. The molecule has 0 aliphatic carbocycles. The molecule has 1 unspecified atom stereocenters. The van der Waals surface area contributed by atoms with Crippen molar-refractivity contribution < 1.29 is 56.8 Å². The predicted molar refractivity (Wildman–Crippen MR) is 148 cm³/mol. The average molecular weight is 709 g/mol. The van der Waals surface area contributed by atoms with Crippen LogP contribution in [0.25, 0.3) is 11.3 Å². The van der Waals surface area contributed by atoms with Crippen LogP contribution in [0.2, 0.25) is 0 Å². The van der Waals surface area contributed by atoms with E-state index in [1.54, 1.807) is 36.6 Å². The normalized spacial score (nSPS) is 17.5. The Hall–Kier alpha value is -3.65. The minimum Gasteiger partial charge on any atom is -1.00 e. The predicted octanol–water partition coefficient (Wildman–Crippen LogP) is 1.37. The Morgan fingerprint density at radius 3 is 2.57 bits per heavy atom. The third-order valence-corrected chi connectivity index (χ3v) is 7.94. The number of hydrogen-bond acceptors (Lipinski definition) is 9. The quantitative estimate of drug-likeness (QED) is 0.265. The van der Waals surface area contributed by atoms with Gasteiger partial charge in [0.15, 0.2) is 11.9 Å². The minimum absolute atomic E-state index is 0. The van der Waals surface area contributed by atoms with E-state index in [4.69, 9.17) is 10.00 Å². The van der Waals surface area contributed by atoms with Crippen LogP contribution in [0.1, 0.15) is 35.9 Å². The van der Waals surface area contributed by atoms with Crippen molar-refractivity contribution in [2.24, 2.45) is 10.1 Å². The molecule has 3 aromatic rings. The molecule has 0 saturated heterocycles. The number of aliphatic hydroxyl groups is 1. The number of hydrogen-bond donors (Lipinski definition) is 1. The monoisotopic (exact) mass is 708 g/mol. The first-order valence-corrected chi connectivity index (χ1v) is 13.4. The number of halogens is 3. The summed E-state index contributed by atoms with van der Waals surface area (Å²) in [6, 6.07) is 11.7. The van der Waals surface area contributed by atoms with Crippen molar-refractivity contribution in [3.8, 4) is 17.3 Å². The van der Waals surface area contributed by atoms with Crippen LogP contribution in [0.4, 0.5) is 13.6 Å².